The van der Waals surface area contributed by atoms with E-state index in [2.05, 4.69) is 42.4 Å². The lowest BCUT2D eigenvalue weighted by molar-refractivity contribution is 0.701. The number of hydrogen-bond donors (Lipinski definition) is 1. The number of anilines is 1. The van der Waals surface area contributed by atoms with Crippen LogP contribution in [0.15, 0.2) is 41.3 Å². The molecule has 0 atom stereocenters. The summed E-state index contributed by atoms with van der Waals surface area (Å²) in [6.07, 6.45) is 3.38. The molecule has 2 aromatic heterocycles. The largest absolute Gasteiger partial charge is 0.370 e. The van der Waals surface area contributed by atoms with Crippen LogP contribution in [0.1, 0.15) is 12.5 Å². The van der Waals surface area contributed by atoms with E-state index < -0.39 is 0 Å². The maximum absolute atomic E-state index is 4.43. The van der Waals surface area contributed by atoms with E-state index in [9.17, 15) is 0 Å². The molecule has 5 nitrogen and oxygen atoms in total. The molecule has 102 valence electrons. The third-order valence-corrected chi connectivity index (χ3v) is 3.83. The van der Waals surface area contributed by atoms with E-state index >= 15 is 0 Å². The minimum atomic E-state index is 0.674. The number of rotatable bonds is 4. The Hall–Kier alpha value is -1.95. The van der Waals surface area contributed by atoms with Gasteiger partial charge in [0.25, 0.3) is 0 Å². The van der Waals surface area contributed by atoms with E-state index in [1.807, 2.05) is 36.0 Å². The molecule has 0 fully saturated rings. The van der Waals surface area contributed by atoms with Gasteiger partial charge in [-0.3, -0.25) is 0 Å². The lowest BCUT2D eigenvalue weighted by Gasteiger charge is -2.06. The number of aromatic nitrogens is 4. The molecule has 20 heavy (non-hydrogen) atoms. The van der Waals surface area contributed by atoms with Crippen LogP contribution in [0, 0.1) is 0 Å². The van der Waals surface area contributed by atoms with Crippen molar-refractivity contribution in [3.05, 3.63) is 46.8 Å². The molecule has 3 rings (SSSR count). The van der Waals surface area contributed by atoms with Crippen molar-refractivity contribution in [2.24, 2.45) is 0 Å². The molecule has 3 aromatic rings. The molecule has 0 spiro atoms. The summed E-state index contributed by atoms with van der Waals surface area (Å²) in [4.78, 5) is 8.59. The summed E-state index contributed by atoms with van der Waals surface area (Å²) in [5, 5.41) is 8.60. The van der Waals surface area contributed by atoms with Gasteiger partial charge in [0.05, 0.1) is 18.1 Å². The highest BCUT2D eigenvalue weighted by Crippen LogP contribution is 2.21. The second-order valence-electron chi connectivity index (χ2n) is 4.38. The number of nitrogens with one attached hydrogen (secondary N) is 1. The van der Waals surface area contributed by atoms with Gasteiger partial charge in [-0.2, -0.15) is 5.10 Å². The minimum Gasteiger partial charge on any atom is -0.370 e. The van der Waals surface area contributed by atoms with E-state index in [1.165, 1.54) is 5.56 Å². The van der Waals surface area contributed by atoms with E-state index in [1.54, 1.807) is 6.33 Å². The molecule has 1 aromatic carbocycles. The molecule has 0 saturated carbocycles. The minimum absolute atomic E-state index is 0.674. The number of benzene rings is 1. The molecule has 0 radical (unpaired) electrons. The van der Waals surface area contributed by atoms with Gasteiger partial charge in [-0.15, -0.1) is 0 Å². The first-order valence-corrected chi connectivity index (χ1v) is 7.22. The Morgan fingerprint density at radius 1 is 1.25 bits per heavy atom. The van der Waals surface area contributed by atoms with Crippen molar-refractivity contribution in [3.8, 4) is 0 Å². The van der Waals surface area contributed by atoms with Gasteiger partial charge in [0.1, 0.15) is 12.1 Å². The van der Waals surface area contributed by atoms with Crippen molar-refractivity contribution in [2.75, 3.05) is 11.9 Å². The Balaban J connectivity index is 2.01. The summed E-state index contributed by atoms with van der Waals surface area (Å²) in [5.41, 5.74) is 2.01. The van der Waals surface area contributed by atoms with Crippen molar-refractivity contribution in [3.63, 3.8) is 0 Å². The normalized spacial score (nSPS) is 10.9. The first-order chi connectivity index (χ1) is 9.79. The Morgan fingerprint density at radius 2 is 2.10 bits per heavy atom. The van der Waals surface area contributed by atoms with Crippen molar-refractivity contribution < 1.29 is 0 Å². The second kappa shape index (κ2) is 5.58. The fourth-order valence-corrected chi connectivity index (χ4v) is 2.52. The van der Waals surface area contributed by atoms with Crippen LogP contribution >= 0.6 is 15.9 Å². The van der Waals surface area contributed by atoms with Crippen LogP contribution in [-0.2, 0) is 6.54 Å². The van der Waals surface area contributed by atoms with Gasteiger partial charge in [-0.05, 0) is 18.6 Å². The zero-order valence-corrected chi connectivity index (χ0v) is 12.6. The number of hydrogen-bond acceptors (Lipinski definition) is 4. The molecular formula is C14H14BrN5. The molecule has 2 heterocycles. The van der Waals surface area contributed by atoms with Crippen LogP contribution in [0.2, 0.25) is 0 Å². The van der Waals surface area contributed by atoms with Crippen molar-refractivity contribution in [1.82, 2.24) is 19.7 Å². The molecule has 0 aliphatic heterocycles. The molecular weight excluding hydrogens is 318 g/mol. The van der Waals surface area contributed by atoms with E-state index in [0.717, 1.165) is 27.9 Å². The Bertz CT molecular complexity index is 737. The summed E-state index contributed by atoms with van der Waals surface area (Å²) < 4.78 is 2.96. The third-order valence-electron chi connectivity index (χ3n) is 3.06. The zero-order chi connectivity index (χ0) is 13.9. The maximum Gasteiger partial charge on any atom is 0.163 e. The van der Waals surface area contributed by atoms with Crippen LogP contribution in [0.5, 0.6) is 0 Å². The van der Waals surface area contributed by atoms with Crippen molar-refractivity contribution in [2.45, 2.75) is 13.5 Å². The predicted octanol–water partition coefficient (Wildman–Crippen LogP) is 3.07. The van der Waals surface area contributed by atoms with Crippen molar-refractivity contribution in [1.29, 1.82) is 0 Å². The quantitative estimate of drug-likeness (QED) is 0.798. The van der Waals surface area contributed by atoms with Crippen LogP contribution in [0.4, 0.5) is 5.82 Å². The number of nitrogens with zero attached hydrogens (tertiary/aromatic N) is 4. The molecule has 6 heteroatoms. The summed E-state index contributed by atoms with van der Waals surface area (Å²) in [7, 11) is 0. The van der Waals surface area contributed by atoms with Crippen LogP contribution in [0.3, 0.4) is 0 Å². The SMILES string of the molecule is CCNc1ncnc2c1cnn2Cc1ccccc1Br. The number of fused-ring (bicyclic) bond motifs is 1. The highest BCUT2D eigenvalue weighted by molar-refractivity contribution is 9.10. The average Bonchev–Trinajstić information content (AvgIpc) is 2.86. The Morgan fingerprint density at radius 3 is 2.90 bits per heavy atom. The van der Waals surface area contributed by atoms with Gasteiger partial charge in [-0.25, -0.2) is 14.6 Å². The van der Waals surface area contributed by atoms with Crippen molar-refractivity contribution >= 4 is 32.8 Å². The lowest BCUT2D eigenvalue weighted by atomic mass is 10.2. The number of halogens is 1. The van der Waals surface area contributed by atoms with Crippen LogP contribution < -0.4 is 5.32 Å². The predicted molar refractivity (Wildman–Crippen MR) is 82.7 cm³/mol. The standard InChI is InChI=1S/C14H14BrN5/c1-2-16-13-11-7-19-20(14(11)18-9-17-13)8-10-5-3-4-6-12(10)15/h3-7,9H,2,8H2,1H3,(H,16,17,18). The third kappa shape index (κ3) is 2.38. The average molecular weight is 332 g/mol. The summed E-state index contributed by atoms with van der Waals surface area (Å²) >= 11 is 3.56. The maximum atomic E-state index is 4.43. The van der Waals surface area contributed by atoms with E-state index in [4.69, 9.17) is 0 Å². The smallest absolute Gasteiger partial charge is 0.163 e. The summed E-state index contributed by atoms with van der Waals surface area (Å²) in [6, 6.07) is 8.12. The first-order valence-electron chi connectivity index (χ1n) is 6.43. The molecule has 0 unspecified atom stereocenters. The van der Waals surface area contributed by atoms with Gasteiger partial charge < -0.3 is 5.32 Å². The van der Waals surface area contributed by atoms with E-state index in [0.29, 0.717) is 6.54 Å². The molecule has 1 N–H and O–H groups in total. The van der Waals surface area contributed by atoms with Crippen LogP contribution in [0.25, 0.3) is 11.0 Å². The van der Waals surface area contributed by atoms with Gasteiger partial charge in [0.15, 0.2) is 5.65 Å². The summed E-state index contributed by atoms with van der Waals surface area (Å²) in [6.45, 7) is 3.54. The highest BCUT2D eigenvalue weighted by Gasteiger charge is 2.10. The fraction of sp³-hybridized carbons (Fsp3) is 0.214. The monoisotopic (exact) mass is 331 g/mol. The van der Waals surface area contributed by atoms with Gasteiger partial charge >= 0.3 is 0 Å². The first kappa shape index (κ1) is 13.1. The lowest BCUT2D eigenvalue weighted by Crippen LogP contribution is -2.04. The molecule has 0 saturated heterocycles. The Kier molecular flexibility index (Phi) is 3.64. The zero-order valence-electron chi connectivity index (χ0n) is 11.0. The summed E-state index contributed by atoms with van der Waals surface area (Å²) in [5.74, 6) is 0.830. The molecule has 0 amide bonds. The fourth-order valence-electron chi connectivity index (χ4n) is 2.10. The van der Waals surface area contributed by atoms with E-state index in [-0.39, 0.29) is 0 Å². The van der Waals surface area contributed by atoms with Crippen LogP contribution in [-0.4, -0.2) is 26.3 Å². The highest BCUT2D eigenvalue weighted by atomic mass is 79.9. The van der Waals surface area contributed by atoms with Gasteiger partial charge in [0, 0.05) is 11.0 Å². The molecule has 0 bridgehead atoms. The Labute approximate surface area is 125 Å². The van der Waals surface area contributed by atoms with Gasteiger partial charge in [0.2, 0.25) is 0 Å². The molecule has 0 aliphatic rings. The second-order valence-corrected chi connectivity index (χ2v) is 5.24. The molecule has 0 aliphatic carbocycles. The van der Waals surface area contributed by atoms with Gasteiger partial charge in [-0.1, -0.05) is 34.1 Å². The topological polar surface area (TPSA) is 55.6 Å².